The summed E-state index contributed by atoms with van der Waals surface area (Å²) in [5.74, 6) is -27.6. The highest BCUT2D eigenvalue weighted by Crippen LogP contribution is 2.53. The Bertz CT molecular complexity index is 414. The Balaban J connectivity index is 5.85. The van der Waals surface area contributed by atoms with E-state index in [-0.39, 0.29) is 0 Å². The minimum Gasteiger partial charge on any atom is -0.478 e. The van der Waals surface area contributed by atoms with Crippen molar-refractivity contribution in [3.05, 3.63) is 11.6 Å². The van der Waals surface area contributed by atoms with Crippen LogP contribution in [0.4, 0.5) is 39.5 Å². The largest absolute Gasteiger partial charge is 0.478 e. The summed E-state index contributed by atoms with van der Waals surface area (Å²) in [7, 11) is 0. The second kappa shape index (κ2) is 5.17. The molecular formula is C9H7F9O2. The molecular weight excluding hydrogens is 311 g/mol. The first kappa shape index (κ1) is 18.6. The van der Waals surface area contributed by atoms with Gasteiger partial charge in [0.05, 0.1) is 0 Å². The first-order chi connectivity index (χ1) is 8.64. The summed E-state index contributed by atoms with van der Waals surface area (Å²) in [6, 6.07) is 0. The van der Waals surface area contributed by atoms with E-state index in [0.29, 0.717) is 6.92 Å². The van der Waals surface area contributed by atoms with Gasteiger partial charge in [0.25, 0.3) is 0 Å². The summed E-state index contributed by atoms with van der Waals surface area (Å²) in [5, 5.41) is 8.18. The van der Waals surface area contributed by atoms with Crippen LogP contribution in [0.15, 0.2) is 11.6 Å². The van der Waals surface area contributed by atoms with Gasteiger partial charge in [0.2, 0.25) is 0 Å². The van der Waals surface area contributed by atoms with Crippen molar-refractivity contribution in [3.63, 3.8) is 0 Å². The number of halogens is 9. The quantitative estimate of drug-likeness (QED) is 0.601. The van der Waals surface area contributed by atoms with Gasteiger partial charge in [-0.05, 0) is 6.92 Å². The Morgan fingerprint density at radius 1 is 1.00 bits per heavy atom. The number of hydrogen-bond donors (Lipinski definition) is 1. The highest BCUT2D eigenvalue weighted by molar-refractivity contribution is 5.86. The topological polar surface area (TPSA) is 37.3 Å². The van der Waals surface area contributed by atoms with Gasteiger partial charge in [0.1, 0.15) is 0 Å². The molecule has 0 amide bonds. The third-order valence-electron chi connectivity index (χ3n) is 2.18. The Kier molecular flexibility index (Phi) is 4.80. The van der Waals surface area contributed by atoms with Gasteiger partial charge in [-0.3, -0.25) is 0 Å². The molecule has 11 heteroatoms. The lowest BCUT2D eigenvalue weighted by atomic mass is 9.97. The average molecular weight is 318 g/mol. The van der Waals surface area contributed by atoms with E-state index in [1.807, 2.05) is 0 Å². The predicted octanol–water partition coefficient (Wildman–Crippen LogP) is 3.53. The lowest BCUT2D eigenvalue weighted by Gasteiger charge is -2.34. The number of carboxylic acids is 1. The van der Waals surface area contributed by atoms with Crippen molar-refractivity contribution >= 4 is 5.97 Å². The molecule has 0 heterocycles. The van der Waals surface area contributed by atoms with E-state index in [0.717, 1.165) is 0 Å². The molecule has 0 aliphatic heterocycles. The Morgan fingerprint density at radius 3 is 1.70 bits per heavy atom. The van der Waals surface area contributed by atoms with E-state index in [9.17, 15) is 44.3 Å². The van der Waals surface area contributed by atoms with Gasteiger partial charge < -0.3 is 5.11 Å². The van der Waals surface area contributed by atoms with E-state index in [4.69, 9.17) is 5.11 Å². The maximum atomic E-state index is 12.9. The summed E-state index contributed by atoms with van der Waals surface area (Å²) < 4.78 is 114. The zero-order chi connectivity index (χ0) is 16.6. The fourth-order valence-corrected chi connectivity index (χ4v) is 0.947. The SMILES string of the molecule is C/C(=C\C(F)(F)C(F)(F)C(F)(F)C(F)(F)CF)C(=O)O. The van der Waals surface area contributed by atoms with Crippen molar-refractivity contribution in [2.45, 2.75) is 30.6 Å². The average Bonchev–Trinajstić information content (AvgIpc) is 2.27. The molecule has 0 unspecified atom stereocenters. The fraction of sp³-hybridized carbons (Fsp3) is 0.667. The van der Waals surface area contributed by atoms with Gasteiger partial charge in [0.15, 0.2) is 6.67 Å². The standard InChI is InChI=1S/C9H7F9O2/c1-4(5(19)20)2-6(11,12)8(15,16)9(17,18)7(13,14)3-10/h2H,3H2,1H3,(H,19,20)/b4-2+. The smallest absolute Gasteiger partial charge is 0.382 e. The highest BCUT2D eigenvalue weighted by atomic mass is 19.4. The molecule has 2 nitrogen and oxygen atoms in total. The van der Waals surface area contributed by atoms with Crippen molar-refractivity contribution < 1.29 is 49.4 Å². The number of rotatable bonds is 6. The number of carbonyl (C=O) groups is 1. The van der Waals surface area contributed by atoms with Crippen LogP contribution < -0.4 is 0 Å². The van der Waals surface area contributed by atoms with E-state index in [1.165, 1.54) is 0 Å². The van der Waals surface area contributed by atoms with Gasteiger partial charge in [-0.15, -0.1) is 0 Å². The molecule has 118 valence electrons. The minimum atomic E-state index is -6.73. The van der Waals surface area contributed by atoms with Crippen LogP contribution in [-0.4, -0.2) is 41.4 Å². The van der Waals surface area contributed by atoms with Crippen LogP contribution in [0.25, 0.3) is 0 Å². The molecule has 20 heavy (non-hydrogen) atoms. The van der Waals surface area contributed by atoms with E-state index >= 15 is 0 Å². The van der Waals surface area contributed by atoms with Crippen molar-refractivity contribution in [3.8, 4) is 0 Å². The van der Waals surface area contributed by atoms with Crippen LogP contribution in [0, 0.1) is 0 Å². The Hall–Kier alpha value is -1.42. The van der Waals surface area contributed by atoms with Gasteiger partial charge in [0, 0.05) is 11.6 Å². The molecule has 0 bridgehead atoms. The molecule has 0 aromatic carbocycles. The monoisotopic (exact) mass is 318 g/mol. The number of carboxylic acid groups (broad SMARTS) is 1. The van der Waals surface area contributed by atoms with Crippen LogP contribution in [0.3, 0.4) is 0 Å². The third-order valence-corrected chi connectivity index (χ3v) is 2.18. The molecule has 0 fully saturated rings. The first-order valence-electron chi connectivity index (χ1n) is 4.64. The summed E-state index contributed by atoms with van der Waals surface area (Å²) in [4.78, 5) is 10.2. The molecule has 0 rings (SSSR count). The molecule has 1 N–H and O–H groups in total. The summed E-state index contributed by atoms with van der Waals surface area (Å²) in [6.45, 7) is -2.94. The molecule has 0 aromatic heterocycles. The minimum absolute atomic E-state index is 0.359. The van der Waals surface area contributed by atoms with Crippen LogP contribution >= 0.6 is 0 Å². The molecule has 0 aromatic rings. The maximum absolute atomic E-state index is 12.9. The zero-order valence-corrected chi connectivity index (χ0v) is 9.54. The number of hydrogen-bond acceptors (Lipinski definition) is 1. The van der Waals surface area contributed by atoms with Crippen molar-refractivity contribution in [1.29, 1.82) is 0 Å². The normalized spacial score (nSPS) is 15.4. The number of alkyl halides is 9. The van der Waals surface area contributed by atoms with Gasteiger partial charge in [-0.2, -0.15) is 35.1 Å². The van der Waals surface area contributed by atoms with Crippen LogP contribution in [-0.2, 0) is 4.79 Å². The van der Waals surface area contributed by atoms with Crippen LogP contribution in [0.2, 0.25) is 0 Å². The van der Waals surface area contributed by atoms with E-state index < -0.39 is 48.0 Å². The summed E-state index contributed by atoms with van der Waals surface area (Å²) in [5.41, 5.74) is -1.48. The molecule has 0 saturated carbocycles. The summed E-state index contributed by atoms with van der Waals surface area (Å²) >= 11 is 0. The Morgan fingerprint density at radius 2 is 1.40 bits per heavy atom. The number of allylic oxidation sites excluding steroid dienone is 1. The second-order valence-electron chi connectivity index (χ2n) is 3.74. The molecule has 0 radical (unpaired) electrons. The fourth-order valence-electron chi connectivity index (χ4n) is 0.947. The molecule has 0 spiro atoms. The number of aliphatic carboxylic acids is 1. The summed E-state index contributed by atoms with van der Waals surface area (Å²) in [6.07, 6.45) is -1.10. The molecule has 0 aliphatic rings. The van der Waals surface area contributed by atoms with Crippen LogP contribution in [0.1, 0.15) is 6.92 Å². The lowest BCUT2D eigenvalue weighted by Crippen LogP contribution is -2.62. The van der Waals surface area contributed by atoms with Gasteiger partial charge in [-0.25, -0.2) is 9.18 Å². The van der Waals surface area contributed by atoms with Crippen molar-refractivity contribution in [2.24, 2.45) is 0 Å². The third kappa shape index (κ3) is 2.85. The molecule has 0 saturated heterocycles. The molecule has 0 aliphatic carbocycles. The van der Waals surface area contributed by atoms with Gasteiger partial charge in [-0.1, -0.05) is 0 Å². The van der Waals surface area contributed by atoms with Crippen LogP contribution in [0.5, 0.6) is 0 Å². The Labute approximate surface area is 105 Å². The van der Waals surface area contributed by atoms with Crippen molar-refractivity contribution in [2.75, 3.05) is 6.67 Å². The van der Waals surface area contributed by atoms with E-state index in [1.54, 1.807) is 0 Å². The first-order valence-corrected chi connectivity index (χ1v) is 4.64. The predicted molar refractivity (Wildman–Crippen MR) is 47.2 cm³/mol. The second-order valence-corrected chi connectivity index (χ2v) is 3.74. The molecule has 0 atom stereocenters. The maximum Gasteiger partial charge on any atom is 0.382 e. The van der Waals surface area contributed by atoms with Gasteiger partial charge >= 0.3 is 29.7 Å². The highest BCUT2D eigenvalue weighted by Gasteiger charge is 2.80. The zero-order valence-electron chi connectivity index (χ0n) is 9.54. The van der Waals surface area contributed by atoms with E-state index in [2.05, 4.69) is 0 Å². The van der Waals surface area contributed by atoms with Crippen molar-refractivity contribution in [1.82, 2.24) is 0 Å². The lowest BCUT2D eigenvalue weighted by molar-refractivity contribution is -0.357.